The van der Waals surface area contributed by atoms with Crippen molar-refractivity contribution >= 4 is 17.3 Å². The highest BCUT2D eigenvalue weighted by Gasteiger charge is 2.10. The maximum atomic E-state index is 6.00. The normalized spacial score (nSPS) is 15.1. The summed E-state index contributed by atoms with van der Waals surface area (Å²) >= 11 is 0. The summed E-state index contributed by atoms with van der Waals surface area (Å²) in [6.07, 6.45) is 0.157. The van der Waals surface area contributed by atoms with Crippen molar-refractivity contribution < 1.29 is 9.47 Å². The second kappa shape index (κ2) is 9.28. The number of hydrogen-bond donors (Lipinski definition) is 2. The molecule has 0 bridgehead atoms. The standard InChI is InChI=1S/C21H28N4O2/c1-16(2)27-20-9-5-18(6-10-20)24-21(22)23-15-17-3-7-19(8-4-17)25-11-13-26-14-12-25/h3-10,16H,11-15H2,1-2H3,(H3,22,23,24). The molecule has 0 aromatic heterocycles. The van der Waals surface area contributed by atoms with Gasteiger partial charge >= 0.3 is 0 Å². The molecule has 6 nitrogen and oxygen atoms in total. The van der Waals surface area contributed by atoms with Gasteiger partial charge in [0.2, 0.25) is 0 Å². The Hall–Kier alpha value is -2.73. The second-order valence-electron chi connectivity index (χ2n) is 6.78. The van der Waals surface area contributed by atoms with Gasteiger partial charge in [0.15, 0.2) is 5.96 Å². The number of ether oxygens (including phenoxy) is 2. The average Bonchev–Trinajstić information content (AvgIpc) is 2.69. The van der Waals surface area contributed by atoms with Gasteiger partial charge in [-0.15, -0.1) is 0 Å². The van der Waals surface area contributed by atoms with Crippen molar-refractivity contribution in [2.24, 2.45) is 10.7 Å². The third-order valence-electron chi connectivity index (χ3n) is 4.24. The topological polar surface area (TPSA) is 72.1 Å². The largest absolute Gasteiger partial charge is 0.491 e. The first-order chi connectivity index (χ1) is 13.1. The van der Waals surface area contributed by atoms with Crippen LogP contribution < -0.4 is 20.7 Å². The number of anilines is 2. The van der Waals surface area contributed by atoms with Crippen molar-refractivity contribution in [1.82, 2.24) is 0 Å². The highest BCUT2D eigenvalue weighted by Crippen LogP contribution is 2.18. The van der Waals surface area contributed by atoms with E-state index in [4.69, 9.17) is 15.2 Å². The molecule has 0 aliphatic carbocycles. The predicted molar refractivity (Wildman–Crippen MR) is 111 cm³/mol. The Kier molecular flexibility index (Phi) is 6.54. The lowest BCUT2D eigenvalue weighted by atomic mass is 10.2. The van der Waals surface area contributed by atoms with Crippen LogP contribution in [0.5, 0.6) is 5.75 Å². The number of nitrogens with zero attached hydrogens (tertiary/aromatic N) is 2. The fraction of sp³-hybridized carbons (Fsp3) is 0.381. The number of aliphatic imine (C=N–C) groups is 1. The lowest BCUT2D eigenvalue weighted by Crippen LogP contribution is -2.36. The lowest BCUT2D eigenvalue weighted by molar-refractivity contribution is 0.122. The molecular formula is C21H28N4O2. The molecule has 0 saturated carbocycles. The van der Waals surface area contributed by atoms with Crippen LogP contribution in [-0.4, -0.2) is 38.4 Å². The van der Waals surface area contributed by atoms with Crippen LogP contribution in [-0.2, 0) is 11.3 Å². The number of nitrogens with one attached hydrogen (secondary N) is 1. The van der Waals surface area contributed by atoms with E-state index in [0.29, 0.717) is 12.5 Å². The smallest absolute Gasteiger partial charge is 0.193 e. The number of morpholine rings is 1. The van der Waals surface area contributed by atoms with Gasteiger partial charge in [-0.1, -0.05) is 12.1 Å². The molecule has 0 radical (unpaired) electrons. The quantitative estimate of drug-likeness (QED) is 0.605. The molecule has 0 atom stereocenters. The van der Waals surface area contributed by atoms with Crippen LogP contribution in [0.2, 0.25) is 0 Å². The minimum Gasteiger partial charge on any atom is -0.491 e. The van der Waals surface area contributed by atoms with E-state index in [1.54, 1.807) is 0 Å². The van der Waals surface area contributed by atoms with Crippen LogP contribution in [0.15, 0.2) is 53.5 Å². The Morgan fingerprint density at radius 2 is 1.78 bits per heavy atom. The monoisotopic (exact) mass is 368 g/mol. The molecule has 1 heterocycles. The van der Waals surface area contributed by atoms with Gasteiger partial charge in [-0.25, -0.2) is 4.99 Å². The molecule has 0 spiro atoms. The van der Waals surface area contributed by atoms with Crippen LogP contribution in [0.3, 0.4) is 0 Å². The van der Waals surface area contributed by atoms with Crippen LogP contribution in [0.4, 0.5) is 11.4 Å². The van der Waals surface area contributed by atoms with Gasteiger partial charge < -0.3 is 25.4 Å². The fourth-order valence-electron chi connectivity index (χ4n) is 2.89. The molecule has 1 saturated heterocycles. The first-order valence-electron chi connectivity index (χ1n) is 9.35. The van der Waals surface area contributed by atoms with Gasteiger partial charge in [0.1, 0.15) is 5.75 Å². The van der Waals surface area contributed by atoms with E-state index in [-0.39, 0.29) is 6.10 Å². The van der Waals surface area contributed by atoms with Crippen molar-refractivity contribution in [3.8, 4) is 5.75 Å². The molecule has 6 heteroatoms. The molecule has 3 rings (SSSR count). The van der Waals surface area contributed by atoms with Crippen LogP contribution in [0.1, 0.15) is 19.4 Å². The molecule has 3 N–H and O–H groups in total. The maximum Gasteiger partial charge on any atom is 0.193 e. The number of rotatable bonds is 6. The summed E-state index contributed by atoms with van der Waals surface area (Å²) in [5, 5.41) is 3.11. The summed E-state index contributed by atoms with van der Waals surface area (Å²) in [6.45, 7) is 8.01. The molecular weight excluding hydrogens is 340 g/mol. The Balaban J connectivity index is 1.52. The zero-order chi connectivity index (χ0) is 19.1. The Morgan fingerprint density at radius 1 is 1.11 bits per heavy atom. The third kappa shape index (κ3) is 5.89. The maximum absolute atomic E-state index is 6.00. The minimum absolute atomic E-state index is 0.157. The summed E-state index contributed by atoms with van der Waals surface area (Å²) in [5.41, 5.74) is 9.23. The van der Waals surface area contributed by atoms with Gasteiger partial charge in [-0.3, -0.25) is 0 Å². The van der Waals surface area contributed by atoms with Gasteiger partial charge in [0.25, 0.3) is 0 Å². The molecule has 144 valence electrons. The molecule has 1 aliphatic heterocycles. The summed E-state index contributed by atoms with van der Waals surface area (Å²) < 4.78 is 11.0. The van der Waals surface area contributed by atoms with Crippen molar-refractivity contribution in [2.45, 2.75) is 26.5 Å². The Bertz CT molecular complexity index is 736. The Morgan fingerprint density at radius 3 is 2.41 bits per heavy atom. The highest BCUT2D eigenvalue weighted by atomic mass is 16.5. The molecule has 0 amide bonds. The van der Waals surface area contributed by atoms with Crippen molar-refractivity contribution in [1.29, 1.82) is 0 Å². The van der Waals surface area contributed by atoms with Crippen LogP contribution in [0, 0.1) is 0 Å². The lowest BCUT2D eigenvalue weighted by Gasteiger charge is -2.28. The summed E-state index contributed by atoms with van der Waals surface area (Å²) in [6, 6.07) is 16.1. The van der Waals surface area contributed by atoms with Gasteiger partial charge in [-0.2, -0.15) is 0 Å². The molecule has 1 fully saturated rings. The third-order valence-corrected chi connectivity index (χ3v) is 4.24. The molecule has 1 aliphatic rings. The van der Waals surface area contributed by atoms with E-state index >= 15 is 0 Å². The average molecular weight is 368 g/mol. The number of hydrogen-bond acceptors (Lipinski definition) is 4. The van der Waals surface area contributed by atoms with Crippen molar-refractivity contribution in [2.75, 3.05) is 36.5 Å². The van der Waals surface area contributed by atoms with Gasteiger partial charge in [0.05, 0.1) is 25.9 Å². The number of nitrogens with two attached hydrogens (primary N) is 1. The zero-order valence-corrected chi connectivity index (χ0v) is 16.0. The van der Waals surface area contributed by atoms with E-state index in [9.17, 15) is 0 Å². The van der Waals surface area contributed by atoms with Crippen LogP contribution in [0.25, 0.3) is 0 Å². The molecule has 2 aromatic rings. The Labute approximate surface area is 161 Å². The summed E-state index contributed by atoms with van der Waals surface area (Å²) in [4.78, 5) is 6.75. The van der Waals surface area contributed by atoms with Crippen molar-refractivity contribution in [3.63, 3.8) is 0 Å². The minimum atomic E-state index is 0.157. The number of benzene rings is 2. The molecule has 0 unspecified atom stereocenters. The summed E-state index contributed by atoms with van der Waals surface area (Å²) in [7, 11) is 0. The highest BCUT2D eigenvalue weighted by molar-refractivity contribution is 5.92. The first kappa shape index (κ1) is 19.0. The number of guanidine groups is 1. The van der Waals surface area contributed by atoms with E-state index in [1.807, 2.05) is 38.1 Å². The molecule has 27 heavy (non-hydrogen) atoms. The zero-order valence-electron chi connectivity index (χ0n) is 16.0. The second-order valence-corrected chi connectivity index (χ2v) is 6.78. The van der Waals surface area contributed by atoms with Gasteiger partial charge in [0, 0.05) is 24.5 Å². The SMILES string of the molecule is CC(C)Oc1ccc(NC(N)=NCc2ccc(N3CCOCC3)cc2)cc1. The van der Waals surface area contributed by atoms with E-state index in [0.717, 1.165) is 43.3 Å². The van der Waals surface area contributed by atoms with E-state index < -0.39 is 0 Å². The molecule has 2 aromatic carbocycles. The fourth-order valence-corrected chi connectivity index (χ4v) is 2.89. The first-order valence-corrected chi connectivity index (χ1v) is 9.35. The predicted octanol–water partition coefficient (Wildman–Crippen LogP) is 3.24. The van der Waals surface area contributed by atoms with Gasteiger partial charge in [-0.05, 0) is 55.8 Å². The van der Waals surface area contributed by atoms with E-state index in [1.165, 1.54) is 5.69 Å². The van der Waals surface area contributed by atoms with Crippen molar-refractivity contribution in [3.05, 3.63) is 54.1 Å². The van der Waals surface area contributed by atoms with E-state index in [2.05, 4.69) is 39.5 Å². The summed E-state index contributed by atoms with van der Waals surface area (Å²) in [5.74, 6) is 1.23. The van der Waals surface area contributed by atoms with Crippen LogP contribution >= 0.6 is 0 Å².